The molecule has 2 amide bonds. The zero-order chi connectivity index (χ0) is 33.7. The lowest BCUT2D eigenvalue weighted by atomic mass is 9.91. The van der Waals surface area contributed by atoms with Crippen LogP contribution in [0.4, 0.5) is 8.78 Å². The fourth-order valence-corrected chi connectivity index (χ4v) is 6.71. The van der Waals surface area contributed by atoms with Crippen molar-refractivity contribution >= 4 is 11.8 Å². The monoisotopic (exact) mass is 648 g/mol. The van der Waals surface area contributed by atoms with E-state index in [9.17, 15) is 28.6 Å². The zero-order valence-electron chi connectivity index (χ0n) is 27.3. The molecule has 0 spiro atoms. The molecule has 0 unspecified atom stereocenters. The van der Waals surface area contributed by atoms with Gasteiger partial charge in [-0.3, -0.25) is 19.4 Å². The summed E-state index contributed by atoms with van der Waals surface area (Å²) in [5.74, 6) is -2.31. The van der Waals surface area contributed by atoms with Gasteiger partial charge in [0.2, 0.25) is 11.8 Å². The van der Waals surface area contributed by atoms with E-state index in [2.05, 4.69) is 10.6 Å². The van der Waals surface area contributed by atoms with E-state index in [1.165, 1.54) is 12.1 Å². The number of aliphatic hydroxyl groups excluding tert-OH is 2. The SMILES string of the molecule is CC(C)(C)NC(=O)[C@@H]1CN(Cc2ccc(F)cc2F)CCN1C[C@@H](O)C[C@@H](Cc1ccccc1)C(=O)N[C@H]1c2ccccc2C[C@H]1O. The van der Waals surface area contributed by atoms with Crippen molar-refractivity contribution < 1.29 is 28.6 Å². The number of carbonyl (C=O) groups is 2. The molecule has 1 heterocycles. The molecule has 1 saturated heterocycles. The number of nitrogens with zero attached hydrogens (tertiary/aromatic N) is 2. The molecule has 0 bridgehead atoms. The number of piperazine rings is 1. The van der Waals surface area contributed by atoms with Crippen LogP contribution in [0.2, 0.25) is 0 Å². The van der Waals surface area contributed by atoms with Crippen molar-refractivity contribution in [2.45, 2.75) is 76.4 Å². The number of carbonyl (C=O) groups excluding carboxylic acids is 2. The maximum absolute atomic E-state index is 14.5. The molecule has 5 atom stereocenters. The predicted molar refractivity (Wildman–Crippen MR) is 176 cm³/mol. The Morgan fingerprint density at radius 1 is 1.00 bits per heavy atom. The summed E-state index contributed by atoms with van der Waals surface area (Å²) in [6.07, 6.45) is -0.647. The van der Waals surface area contributed by atoms with Crippen molar-refractivity contribution in [2.75, 3.05) is 26.2 Å². The maximum Gasteiger partial charge on any atom is 0.239 e. The Kier molecular flexibility index (Phi) is 11.1. The second-order valence-corrected chi connectivity index (χ2v) is 14.0. The molecule has 0 saturated carbocycles. The Morgan fingerprint density at radius 3 is 2.45 bits per heavy atom. The number of aliphatic hydroxyl groups is 2. The molecular formula is C37H46F2N4O4. The number of hydrogen-bond acceptors (Lipinski definition) is 6. The van der Waals surface area contributed by atoms with E-state index in [0.717, 1.165) is 22.8 Å². The zero-order valence-corrected chi connectivity index (χ0v) is 27.3. The third kappa shape index (κ3) is 9.22. The molecule has 1 fully saturated rings. The summed E-state index contributed by atoms with van der Waals surface area (Å²) in [5, 5.41) is 28.4. The molecule has 0 aromatic heterocycles. The summed E-state index contributed by atoms with van der Waals surface area (Å²) < 4.78 is 28.0. The van der Waals surface area contributed by atoms with Crippen LogP contribution in [0.3, 0.4) is 0 Å². The van der Waals surface area contributed by atoms with Gasteiger partial charge < -0.3 is 20.8 Å². The lowest BCUT2D eigenvalue weighted by Gasteiger charge is -2.42. The van der Waals surface area contributed by atoms with Crippen molar-refractivity contribution in [1.29, 1.82) is 0 Å². The number of halogens is 2. The van der Waals surface area contributed by atoms with E-state index in [0.29, 0.717) is 38.0 Å². The van der Waals surface area contributed by atoms with Crippen LogP contribution in [0.5, 0.6) is 0 Å². The van der Waals surface area contributed by atoms with Crippen molar-refractivity contribution in [3.63, 3.8) is 0 Å². The fourth-order valence-electron chi connectivity index (χ4n) is 6.71. The van der Waals surface area contributed by atoms with Gasteiger partial charge in [0.1, 0.15) is 17.7 Å². The Bertz CT molecular complexity index is 1530. The first kappa shape index (κ1) is 34.6. The van der Waals surface area contributed by atoms with Crippen molar-refractivity contribution in [3.05, 3.63) is 107 Å². The van der Waals surface area contributed by atoms with E-state index < -0.39 is 47.4 Å². The average Bonchev–Trinajstić information content (AvgIpc) is 3.33. The third-order valence-corrected chi connectivity index (χ3v) is 8.98. The Morgan fingerprint density at radius 2 is 1.72 bits per heavy atom. The molecule has 47 heavy (non-hydrogen) atoms. The molecule has 2 aliphatic rings. The van der Waals surface area contributed by atoms with Crippen LogP contribution in [-0.4, -0.2) is 81.8 Å². The van der Waals surface area contributed by atoms with Gasteiger partial charge in [0.05, 0.1) is 18.2 Å². The number of β-amino-alcohol motifs (C(OH)–C–C–N with tert-alkyl or cyclic N) is 1. The van der Waals surface area contributed by atoms with Crippen LogP contribution in [0.1, 0.15) is 55.5 Å². The molecule has 1 aliphatic heterocycles. The van der Waals surface area contributed by atoms with Gasteiger partial charge in [0, 0.05) is 62.2 Å². The standard InChI is InChI=1S/C37H46F2N4O4/c1-37(2,3)41-36(47)32-23-42(21-26-13-14-28(38)20-31(26)39)15-16-43(32)22-29(44)18-27(17-24-9-5-4-6-10-24)35(46)40-34-30-12-8-7-11-25(30)19-33(34)45/h4-14,20,27,29,32-34,44-45H,15-19,21-23H2,1-3H3,(H,40,46)(H,41,47)/t27-,29+,32+,33-,34+/m1/s1. The van der Waals surface area contributed by atoms with Gasteiger partial charge >= 0.3 is 0 Å². The molecule has 0 radical (unpaired) electrons. The molecule has 5 rings (SSSR count). The van der Waals surface area contributed by atoms with Crippen LogP contribution in [0.25, 0.3) is 0 Å². The molecule has 10 heteroatoms. The van der Waals surface area contributed by atoms with Crippen molar-refractivity contribution in [3.8, 4) is 0 Å². The highest BCUT2D eigenvalue weighted by molar-refractivity contribution is 5.83. The molecule has 252 valence electrons. The van der Waals surface area contributed by atoms with Crippen molar-refractivity contribution in [2.24, 2.45) is 5.92 Å². The molecule has 4 N–H and O–H groups in total. The molecule has 1 aliphatic carbocycles. The van der Waals surface area contributed by atoms with Gasteiger partial charge in [-0.05, 0) is 56.4 Å². The van der Waals surface area contributed by atoms with Crippen LogP contribution in [0, 0.1) is 17.6 Å². The second-order valence-electron chi connectivity index (χ2n) is 14.0. The Labute approximate surface area is 275 Å². The predicted octanol–water partition coefficient (Wildman–Crippen LogP) is 3.75. The second kappa shape index (κ2) is 15.0. The minimum absolute atomic E-state index is 0.153. The minimum atomic E-state index is -0.929. The van der Waals surface area contributed by atoms with Crippen LogP contribution >= 0.6 is 0 Å². The van der Waals surface area contributed by atoms with Gasteiger partial charge in [0.25, 0.3) is 0 Å². The number of rotatable bonds is 11. The quantitative estimate of drug-likeness (QED) is 0.253. The first-order valence-electron chi connectivity index (χ1n) is 16.4. The lowest BCUT2D eigenvalue weighted by Crippen LogP contribution is -2.62. The maximum atomic E-state index is 14.5. The molecule has 8 nitrogen and oxygen atoms in total. The Balaban J connectivity index is 1.29. The average molecular weight is 649 g/mol. The van der Waals surface area contributed by atoms with Crippen LogP contribution in [-0.2, 0) is 29.0 Å². The third-order valence-electron chi connectivity index (χ3n) is 8.98. The number of nitrogens with one attached hydrogen (secondary N) is 2. The van der Waals surface area contributed by atoms with E-state index in [4.69, 9.17) is 0 Å². The number of fused-ring (bicyclic) bond motifs is 1. The topological polar surface area (TPSA) is 105 Å². The summed E-state index contributed by atoms with van der Waals surface area (Å²) in [5.41, 5.74) is 2.72. The normalized spacial score (nSPS) is 21.6. The summed E-state index contributed by atoms with van der Waals surface area (Å²) in [6, 6.07) is 19.7. The van der Waals surface area contributed by atoms with Gasteiger partial charge in [-0.25, -0.2) is 8.78 Å². The first-order valence-corrected chi connectivity index (χ1v) is 16.4. The summed E-state index contributed by atoms with van der Waals surface area (Å²) in [4.78, 5) is 31.2. The summed E-state index contributed by atoms with van der Waals surface area (Å²) >= 11 is 0. The number of benzene rings is 3. The van der Waals surface area contributed by atoms with Crippen molar-refractivity contribution in [1.82, 2.24) is 20.4 Å². The highest BCUT2D eigenvalue weighted by atomic mass is 19.1. The van der Waals surface area contributed by atoms with E-state index in [1.807, 2.05) is 85.2 Å². The number of hydrogen-bond donors (Lipinski definition) is 4. The smallest absolute Gasteiger partial charge is 0.239 e. The van der Waals surface area contributed by atoms with Gasteiger partial charge in [-0.15, -0.1) is 0 Å². The largest absolute Gasteiger partial charge is 0.392 e. The summed E-state index contributed by atoms with van der Waals surface area (Å²) in [7, 11) is 0. The highest BCUT2D eigenvalue weighted by Crippen LogP contribution is 2.32. The fraction of sp³-hybridized carbons (Fsp3) is 0.459. The van der Waals surface area contributed by atoms with Gasteiger partial charge in [0.15, 0.2) is 0 Å². The van der Waals surface area contributed by atoms with Crippen LogP contribution < -0.4 is 10.6 Å². The van der Waals surface area contributed by atoms with E-state index in [-0.39, 0.29) is 31.3 Å². The van der Waals surface area contributed by atoms with E-state index >= 15 is 0 Å². The van der Waals surface area contributed by atoms with E-state index in [1.54, 1.807) is 0 Å². The van der Waals surface area contributed by atoms with Crippen LogP contribution in [0.15, 0.2) is 72.8 Å². The van der Waals surface area contributed by atoms with Gasteiger partial charge in [-0.2, -0.15) is 0 Å². The first-order chi connectivity index (χ1) is 22.4. The molecular weight excluding hydrogens is 602 g/mol. The summed E-state index contributed by atoms with van der Waals surface area (Å²) in [6.45, 7) is 7.30. The lowest BCUT2D eigenvalue weighted by molar-refractivity contribution is -0.132. The highest BCUT2D eigenvalue weighted by Gasteiger charge is 2.37. The molecule has 3 aromatic rings. The number of amides is 2. The Hall–Kier alpha value is -3.70. The minimum Gasteiger partial charge on any atom is -0.392 e. The van der Waals surface area contributed by atoms with Gasteiger partial charge in [-0.1, -0.05) is 60.7 Å². The molecule has 3 aromatic carbocycles.